The fourth-order valence-corrected chi connectivity index (χ4v) is 2.15. The molecule has 2 rings (SSSR count). The summed E-state index contributed by atoms with van der Waals surface area (Å²) in [4.78, 5) is 11.6. The Bertz CT molecular complexity index is 452. The van der Waals surface area contributed by atoms with Crippen molar-refractivity contribution in [3.63, 3.8) is 0 Å². The molecule has 0 aromatic carbocycles. The van der Waals surface area contributed by atoms with E-state index in [9.17, 15) is 4.79 Å². The molecule has 0 bridgehead atoms. The van der Waals surface area contributed by atoms with Crippen LogP contribution in [0.3, 0.4) is 0 Å². The molecular formula is C10H14BrN3O2. The molecule has 0 spiro atoms. The second-order valence-electron chi connectivity index (χ2n) is 4.29. The van der Waals surface area contributed by atoms with Gasteiger partial charge in [-0.25, -0.2) is 4.68 Å². The maximum atomic E-state index is 11.6. The quantitative estimate of drug-likeness (QED) is 0.886. The molecule has 1 atom stereocenters. The molecule has 1 saturated heterocycles. The molecule has 5 nitrogen and oxygen atoms in total. The Morgan fingerprint density at radius 3 is 3.06 bits per heavy atom. The summed E-state index contributed by atoms with van der Waals surface area (Å²) in [5.74, 6) is 0. The number of rotatable bonds is 2. The van der Waals surface area contributed by atoms with Gasteiger partial charge in [-0.1, -0.05) is 0 Å². The van der Waals surface area contributed by atoms with Crippen molar-refractivity contribution >= 4 is 21.6 Å². The summed E-state index contributed by atoms with van der Waals surface area (Å²) in [6.45, 7) is 3.47. The van der Waals surface area contributed by atoms with E-state index >= 15 is 0 Å². The van der Waals surface area contributed by atoms with E-state index in [1.54, 1.807) is 13.2 Å². The highest BCUT2D eigenvalue weighted by molar-refractivity contribution is 9.10. The van der Waals surface area contributed by atoms with Crippen molar-refractivity contribution in [1.82, 2.24) is 9.78 Å². The van der Waals surface area contributed by atoms with Crippen LogP contribution >= 0.6 is 15.9 Å². The number of hydrogen-bond acceptors (Lipinski definition) is 4. The van der Waals surface area contributed by atoms with Crippen molar-refractivity contribution in [3.05, 3.63) is 21.0 Å². The summed E-state index contributed by atoms with van der Waals surface area (Å²) in [6.07, 6.45) is 2.57. The lowest BCUT2D eigenvalue weighted by Gasteiger charge is -2.25. The summed E-state index contributed by atoms with van der Waals surface area (Å²) in [7, 11) is 1.62. The molecule has 1 fully saturated rings. The van der Waals surface area contributed by atoms with Gasteiger partial charge >= 0.3 is 0 Å². The molecule has 1 aliphatic heterocycles. The standard InChI is InChI=1S/C10H14BrN3O2/c1-10(3-4-16-6-10)13-7-5-12-14(2)9(15)8(7)11/h5,13H,3-4,6H2,1-2H3. The third kappa shape index (κ3) is 2.12. The molecule has 1 aromatic rings. The molecule has 1 aliphatic rings. The minimum Gasteiger partial charge on any atom is -0.379 e. The van der Waals surface area contributed by atoms with E-state index in [1.165, 1.54) is 4.68 Å². The second-order valence-corrected chi connectivity index (χ2v) is 5.08. The highest BCUT2D eigenvalue weighted by Crippen LogP contribution is 2.26. The zero-order valence-corrected chi connectivity index (χ0v) is 10.9. The van der Waals surface area contributed by atoms with Crippen LogP contribution in [0, 0.1) is 0 Å². The number of ether oxygens (including phenoxy) is 1. The van der Waals surface area contributed by atoms with E-state index in [0.29, 0.717) is 11.1 Å². The lowest BCUT2D eigenvalue weighted by Crippen LogP contribution is -2.36. The Kier molecular flexibility index (Phi) is 3.03. The number of halogens is 1. The number of hydrogen-bond donors (Lipinski definition) is 1. The third-order valence-corrected chi connectivity index (χ3v) is 3.50. The van der Waals surface area contributed by atoms with Gasteiger partial charge in [-0.2, -0.15) is 5.10 Å². The van der Waals surface area contributed by atoms with E-state index in [2.05, 4.69) is 33.3 Å². The van der Waals surface area contributed by atoms with Crippen molar-refractivity contribution in [3.8, 4) is 0 Å². The van der Waals surface area contributed by atoms with Crippen molar-refractivity contribution in [2.75, 3.05) is 18.5 Å². The molecule has 0 saturated carbocycles. The van der Waals surface area contributed by atoms with E-state index in [1.807, 2.05) is 0 Å². The summed E-state index contributed by atoms with van der Waals surface area (Å²) >= 11 is 3.29. The van der Waals surface area contributed by atoms with E-state index in [0.717, 1.165) is 18.7 Å². The molecule has 0 aliphatic carbocycles. The molecule has 1 unspecified atom stereocenters. The Hall–Kier alpha value is -0.880. The highest BCUT2D eigenvalue weighted by Gasteiger charge is 2.30. The van der Waals surface area contributed by atoms with E-state index < -0.39 is 0 Å². The summed E-state index contributed by atoms with van der Waals surface area (Å²) in [5, 5.41) is 7.29. The minimum absolute atomic E-state index is 0.115. The van der Waals surface area contributed by atoms with Gasteiger partial charge in [0, 0.05) is 13.7 Å². The first kappa shape index (κ1) is 11.6. The summed E-state index contributed by atoms with van der Waals surface area (Å²) in [5.41, 5.74) is 0.458. The average molecular weight is 288 g/mol. The van der Waals surface area contributed by atoms with Gasteiger partial charge in [0.1, 0.15) is 4.47 Å². The molecule has 1 aromatic heterocycles. The molecule has 0 amide bonds. The van der Waals surface area contributed by atoms with Crippen LogP contribution < -0.4 is 10.9 Å². The number of anilines is 1. The van der Waals surface area contributed by atoms with E-state index in [4.69, 9.17) is 4.74 Å². The SMILES string of the molecule is Cn1ncc(NC2(C)CCOC2)c(Br)c1=O. The van der Waals surface area contributed by atoms with Crippen LogP contribution in [0.1, 0.15) is 13.3 Å². The maximum absolute atomic E-state index is 11.6. The molecule has 88 valence electrons. The van der Waals surface area contributed by atoms with Gasteiger partial charge in [-0.15, -0.1) is 0 Å². The second kappa shape index (κ2) is 4.18. The van der Waals surface area contributed by atoms with Gasteiger partial charge in [-0.05, 0) is 29.3 Å². The molecule has 0 radical (unpaired) electrons. The normalized spacial score (nSPS) is 24.7. The minimum atomic E-state index is -0.146. The van der Waals surface area contributed by atoms with Crippen molar-refractivity contribution in [1.29, 1.82) is 0 Å². The van der Waals surface area contributed by atoms with Crippen molar-refractivity contribution < 1.29 is 4.74 Å². The molecule has 6 heteroatoms. The maximum Gasteiger partial charge on any atom is 0.282 e. The fraction of sp³-hybridized carbons (Fsp3) is 0.600. The van der Waals surface area contributed by atoms with Crippen LogP contribution in [0.4, 0.5) is 5.69 Å². The highest BCUT2D eigenvalue weighted by atomic mass is 79.9. The van der Waals surface area contributed by atoms with Crippen LogP contribution in [0.5, 0.6) is 0 Å². The number of aromatic nitrogens is 2. The third-order valence-electron chi connectivity index (χ3n) is 2.73. The first-order valence-corrected chi connectivity index (χ1v) is 5.89. The Labute approximate surface area is 102 Å². The van der Waals surface area contributed by atoms with Crippen LogP contribution in [0.2, 0.25) is 0 Å². The number of aryl methyl sites for hydroxylation is 1. The van der Waals surface area contributed by atoms with Crippen LogP contribution in [-0.4, -0.2) is 28.5 Å². The van der Waals surface area contributed by atoms with Gasteiger partial charge in [0.05, 0.1) is 24.0 Å². The molecule has 1 N–H and O–H groups in total. The van der Waals surface area contributed by atoms with E-state index in [-0.39, 0.29) is 11.1 Å². The summed E-state index contributed by atoms with van der Waals surface area (Å²) < 4.78 is 7.15. The smallest absolute Gasteiger partial charge is 0.282 e. The average Bonchev–Trinajstić information content (AvgIpc) is 2.67. The predicted molar refractivity (Wildman–Crippen MR) is 64.6 cm³/mol. The van der Waals surface area contributed by atoms with Crippen LogP contribution in [-0.2, 0) is 11.8 Å². The monoisotopic (exact) mass is 287 g/mol. The molecule has 16 heavy (non-hydrogen) atoms. The fourth-order valence-electron chi connectivity index (χ4n) is 1.69. The number of nitrogens with zero attached hydrogens (tertiary/aromatic N) is 2. The Balaban J connectivity index is 2.28. The van der Waals surface area contributed by atoms with Crippen LogP contribution in [0.15, 0.2) is 15.5 Å². The molecule has 2 heterocycles. The lowest BCUT2D eigenvalue weighted by molar-refractivity contribution is 0.185. The zero-order chi connectivity index (χ0) is 11.8. The van der Waals surface area contributed by atoms with Gasteiger partial charge in [0.15, 0.2) is 0 Å². The van der Waals surface area contributed by atoms with Crippen LogP contribution in [0.25, 0.3) is 0 Å². The molecular weight excluding hydrogens is 274 g/mol. The number of nitrogens with one attached hydrogen (secondary N) is 1. The lowest BCUT2D eigenvalue weighted by atomic mass is 10.0. The topological polar surface area (TPSA) is 56.1 Å². The first-order chi connectivity index (χ1) is 7.52. The van der Waals surface area contributed by atoms with Gasteiger partial charge < -0.3 is 10.1 Å². The predicted octanol–water partition coefficient (Wildman–Crippen LogP) is 1.13. The van der Waals surface area contributed by atoms with Gasteiger partial charge in [-0.3, -0.25) is 4.79 Å². The largest absolute Gasteiger partial charge is 0.379 e. The van der Waals surface area contributed by atoms with Crippen molar-refractivity contribution in [2.24, 2.45) is 7.05 Å². The summed E-state index contributed by atoms with van der Waals surface area (Å²) in [6, 6.07) is 0. The zero-order valence-electron chi connectivity index (χ0n) is 9.29. The first-order valence-electron chi connectivity index (χ1n) is 5.10. The van der Waals surface area contributed by atoms with Crippen molar-refractivity contribution in [2.45, 2.75) is 18.9 Å². The van der Waals surface area contributed by atoms with Gasteiger partial charge in [0.2, 0.25) is 0 Å². The van der Waals surface area contributed by atoms with Gasteiger partial charge in [0.25, 0.3) is 5.56 Å². The Morgan fingerprint density at radius 1 is 1.69 bits per heavy atom. The Morgan fingerprint density at radius 2 is 2.44 bits per heavy atom.